The van der Waals surface area contributed by atoms with Crippen molar-refractivity contribution in [3.8, 4) is 0 Å². The lowest BCUT2D eigenvalue weighted by molar-refractivity contribution is 0.0692. The quantitative estimate of drug-likeness (QED) is 0.813. The molecule has 4 nitrogen and oxygen atoms in total. The standard InChI is InChI=1S/C12H18N2O2S/c1-8-3-2-4-9(6-5-8)14-11-10(12(15)16)13-7-17-11/h7-9,14H,2-6H2,1H3,(H,15,16). The van der Waals surface area contributed by atoms with Gasteiger partial charge in [0.15, 0.2) is 5.69 Å². The number of aromatic carboxylic acids is 1. The molecule has 1 fully saturated rings. The monoisotopic (exact) mass is 254 g/mol. The fourth-order valence-electron chi connectivity index (χ4n) is 2.32. The van der Waals surface area contributed by atoms with Crippen LogP contribution in [-0.4, -0.2) is 22.1 Å². The third-order valence-electron chi connectivity index (χ3n) is 3.36. The molecule has 0 saturated heterocycles. The van der Waals surface area contributed by atoms with Gasteiger partial charge in [0.1, 0.15) is 5.00 Å². The molecule has 0 radical (unpaired) electrons. The van der Waals surface area contributed by atoms with Crippen molar-refractivity contribution in [1.29, 1.82) is 0 Å². The normalized spacial score (nSPS) is 25.2. The van der Waals surface area contributed by atoms with Crippen molar-refractivity contribution in [3.63, 3.8) is 0 Å². The van der Waals surface area contributed by atoms with Crippen molar-refractivity contribution in [3.05, 3.63) is 11.2 Å². The van der Waals surface area contributed by atoms with Crippen molar-refractivity contribution in [2.45, 2.75) is 45.1 Å². The number of thiazole rings is 1. The Labute approximate surface area is 105 Å². The van der Waals surface area contributed by atoms with Gasteiger partial charge < -0.3 is 10.4 Å². The third-order valence-corrected chi connectivity index (χ3v) is 4.12. The van der Waals surface area contributed by atoms with E-state index in [0.717, 1.165) is 18.8 Å². The molecule has 1 aromatic heterocycles. The van der Waals surface area contributed by atoms with E-state index in [0.29, 0.717) is 11.0 Å². The summed E-state index contributed by atoms with van der Waals surface area (Å²) in [6.07, 6.45) is 5.98. The van der Waals surface area contributed by atoms with Crippen LogP contribution in [0.1, 0.15) is 49.5 Å². The summed E-state index contributed by atoms with van der Waals surface area (Å²) in [5.74, 6) is -0.155. The Balaban J connectivity index is 2.00. The summed E-state index contributed by atoms with van der Waals surface area (Å²) >= 11 is 1.38. The van der Waals surface area contributed by atoms with Crippen molar-refractivity contribution >= 4 is 22.3 Å². The first-order valence-corrected chi connectivity index (χ1v) is 6.98. The molecule has 1 aromatic rings. The zero-order valence-electron chi connectivity index (χ0n) is 9.98. The molecule has 0 aliphatic heterocycles. The Kier molecular flexibility index (Phi) is 3.99. The summed E-state index contributed by atoms with van der Waals surface area (Å²) in [4.78, 5) is 14.8. The Bertz CT molecular complexity index is 392. The minimum atomic E-state index is -0.948. The van der Waals surface area contributed by atoms with E-state index < -0.39 is 5.97 Å². The number of carboxylic acid groups (broad SMARTS) is 1. The molecule has 1 aliphatic rings. The Hall–Kier alpha value is -1.10. The average molecular weight is 254 g/mol. The highest BCUT2D eigenvalue weighted by Gasteiger charge is 2.20. The number of carboxylic acids is 1. The fraction of sp³-hybridized carbons (Fsp3) is 0.667. The van der Waals surface area contributed by atoms with Crippen LogP contribution in [0.3, 0.4) is 0 Å². The van der Waals surface area contributed by atoms with Gasteiger partial charge in [-0.2, -0.15) is 0 Å². The predicted octanol–water partition coefficient (Wildman–Crippen LogP) is 3.22. The summed E-state index contributed by atoms with van der Waals surface area (Å²) in [5, 5.41) is 13.0. The minimum absolute atomic E-state index is 0.160. The maximum absolute atomic E-state index is 10.9. The lowest BCUT2D eigenvalue weighted by Gasteiger charge is -2.16. The van der Waals surface area contributed by atoms with E-state index in [9.17, 15) is 4.79 Å². The molecule has 0 aromatic carbocycles. The second-order valence-electron chi connectivity index (χ2n) is 4.79. The van der Waals surface area contributed by atoms with E-state index in [-0.39, 0.29) is 5.69 Å². The smallest absolute Gasteiger partial charge is 0.357 e. The molecular formula is C12H18N2O2S. The highest BCUT2D eigenvalue weighted by atomic mass is 32.1. The van der Waals surface area contributed by atoms with E-state index in [4.69, 9.17) is 5.11 Å². The molecule has 0 amide bonds. The highest BCUT2D eigenvalue weighted by Crippen LogP contribution is 2.28. The number of rotatable bonds is 3. The Morgan fingerprint density at radius 1 is 1.47 bits per heavy atom. The number of anilines is 1. The number of nitrogens with zero attached hydrogens (tertiary/aromatic N) is 1. The first-order valence-electron chi connectivity index (χ1n) is 6.10. The number of hydrogen-bond acceptors (Lipinski definition) is 4. The van der Waals surface area contributed by atoms with Gasteiger partial charge in [-0.3, -0.25) is 0 Å². The van der Waals surface area contributed by atoms with Crippen LogP contribution in [0.4, 0.5) is 5.00 Å². The summed E-state index contributed by atoms with van der Waals surface area (Å²) < 4.78 is 0. The summed E-state index contributed by atoms with van der Waals surface area (Å²) in [6.45, 7) is 2.29. The molecule has 2 N–H and O–H groups in total. The molecule has 2 unspecified atom stereocenters. The predicted molar refractivity (Wildman–Crippen MR) is 68.7 cm³/mol. The lowest BCUT2D eigenvalue weighted by atomic mass is 10.0. The molecule has 1 heterocycles. The van der Waals surface area contributed by atoms with Gasteiger partial charge >= 0.3 is 5.97 Å². The SMILES string of the molecule is CC1CCCC(Nc2scnc2C(=O)O)CC1. The maximum Gasteiger partial charge on any atom is 0.357 e. The molecule has 0 spiro atoms. The molecule has 94 valence electrons. The maximum atomic E-state index is 10.9. The van der Waals surface area contributed by atoms with Crippen LogP contribution in [-0.2, 0) is 0 Å². The van der Waals surface area contributed by atoms with Crippen molar-refractivity contribution in [2.75, 3.05) is 5.32 Å². The minimum Gasteiger partial charge on any atom is -0.476 e. The molecule has 1 aliphatic carbocycles. The van der Waals surface area contributed by atoms with E-state index >= 15 is 0 Å². The van der Waals surface area contributed by atoms with Crippen LogP contribution in [0.2, 0.25) is 0 Å². The largest absolute Gasteiger partial charge is 0.476 e. The van der Waals surface area contributed by atoms with Crippen molar-refractivity contribution in [2.24, 2.45) is 5.92 Å². The zero-order chi connectivity index (χ0) is 12.3. The highest BCUT2D eigenvalue weighted by molar-refractivity contribution is 7.14. The summed E-state index contributed by atoms with van der Waals surface area (Å²) in [6, 6.07) is 0.401. The fourth-order valence-corrected chi connectivity index (χ4v) is 3.07. The molecule has 2 rings (SSSR count). The molecule has 0 bridgehead atoms. The van der Waals surface area contributed by atoms with Gasteiger partial charge in [0.2, 0.25) is 0 Å². The van der Waals surface area contributed by atoms with Gasteiger partial charge in [-0.15, -0.1) is 11.3 Å². The number of aromatic nitrogens is 1. The van der Waals surface area contributed by atoms with E-state index in [1.807, 2.05) is 0 Å². The van der Waals surface area contributed by atoms with Crippen LogP contribution >= 0.6 is 11.3 Å². The van der Waals surface area contributed by atoms with Crippen molar-refractivity contribution in [1.82, 2.24) is 4.98 Å². The average Bonchev–Trinajstić information content (AvgIpc) is 2.64. The van der Waals surface area contributed by atoms with E-state index in [1.54, 1.807) is 5.51 Å². The molecule has 2 atom stereocenters. The van der Waals surface area contributed by atoms with Crippen LogP contribution in [0.5, 0.6) is 0 Å². The number of carbonyl (C=O) groups is 1. The van der Waals surface area contributed by atoms with E-state index in [1.165, 1.54) is 30.6 Å². The van der Waals surface area contributed by atoms with Gasteiger partial charge in [-0.1, -0.05) is 19.8 Å². The van der Waals surface area contributed by atoms with Crippen LogP contribution in [0.25, 0.3) is 0 Å². The van der Waals surface area contributed by atoms with Gasteiger partial charge in [0, 0.05) is 6.04 Å². The lowest BCUT2D eigenvalue weighted by Crippen LogP contribution is -2.19. The third kappa shape index (κ3) is 3.19. The van der Waals surface area contributed by atoms with Gasteiger partial charge in [-0.25, -0.2) is 9.78 Å². The summed E-state index contributed by atoms with van der Waals surface area (Å²) in [7, 11) is 0. The number of nitrogens with one attached hydrogen (secondary N) is 1. The van der Waals surface area contributed by atoms with Gasteiger partial charge in [0.25, 0.3) is 0 Å². The second-order valence-corrected chi connectivity index (χ2v) is 5.64. The topological polar surface area (TPSA) is 62.2 Å². The zero-order valence-corrected chi connectivity index (χ0v) is 10.8. The van der Waals surface area contributed by atoms with E-state index in [2.05, 4.69) is 17.2 Å². The van der Waals surface area contributed by atoms with Gasteiger partial charge in [-0.05, 0) is 25.2 Å². The Morgan fingerprint density at radius 3 is 3.06 bits per heavy atom. The molecule has 1 saturated carbocycles. The molecular weight excluding hydrogens is 236 g/mol. The summed E-state index contributed by atoms with van der Waals surface area (Å²) in [5.41, 5.74) is 1.75. The first-order chi connectivity index (χ1) is 8.16. The van der Waals surface area contributed by atoms with Crippen molar-refractivity contribution < 1.29 is 9.90 Å². The van der Waals surface area contributed by atoms with Gasteiger partial charge in [0.05, 0.1) is 5.51 Å². The number of hydrogen-bond donors (Lipinski definition) is 2. The molecule has 5 heteroatoms. The second kappa shape index (κ2) is 5.49. The van der Waals surface area contributed by atoms with Crippen LogP contribution in [0, 0.1) is 5.92 Å². The van der Waals surface area contributed by atoms with Crippen LogP contribution < -0.4 is 5.32 Å². The first kappa shape index (κ1) is 12.4. The van der Waals surface area contributed by atoms with Crippen LogP contribution in [0.15, 0.2) is 5.51 Å². The molecule has 17 heavy (non-hydrogen) atoms. The Morgan fingerprint density at radius 2 is 2.29 bits per heavy atom.